The van der Waals surface area contributed by atoms with Crippen molar-refractivity contribution in [3.05, 3.63) is 71.7 Å². The van der Waals surface area contributed by atoms with Crippen LogP contribution in [0.3, 0.4) is 0 Å². The standard InChI is InChI=1S/C19H14ClN3O2S2/c1-9-3-5-13(10(2)7-9)21-18(25)15-16-22-17(24)12-8-11(20)4-6-14(12)23(16)19(26)27-15/h3-8H,1-2H3,(H,21,25)(H,22,24). The van der Waals surface area contributed by atoms with Crippen molar-refractivity contribution in [3.8, 4) is 0 Å². The highest BCUT2D eigenvalue weighted by Gasteiger charge is 2.18. The molecule has 2 aromatic carbocycles. The van der Waals surface area contributed by atoms with Crippen LogP contribution in [0, 0.1) is 17.8 Å². The van der Waals surface area contributed by atoms with Crippen LogP contribution in [0.2, 0.25) is 5.02 Å². The molecule has 8 heteroatoms. The zero-order valence-corrected chi connectivity index (χ0v) is 16.8. The van der Waals surface area contributed by atoms with Crippen LogP contribution in [0.5, 0.6) is 0 Å². The van der Waals surface area contributed by atoms with E-state index in [2.05, 4.69) is 10.3 Å². The predicted molar refractivity (Wildman–Crippen MR) is 113 cm³/mol. The van der Waals surface area contributed by atoms with Gasteiger partial charge in [-0.1, -0.05) is 40.6 Å². The van der Waals surface area contributed by atoms with Gasteiger partial charge in [0.25, 0.3) is 11.5 Å². The SMILES string of the molecule is Cc1ccc(NC(=O)c2sc(=S)n3c2[nH]c(=O)c2cc(Cl)ccc23)c(C)c1. The quantitative estimate of drug-likeness (QED) is 0.448. The van der Waals surface area contributed by atoms with Gasteiger partial charge in [0.1, 0.15) is 10.5 Å². The Morgan fingerprint density at radius 2 is 2.00 bits per heavy atom. The predicted octanol–water partition coefficient (Wildman–Crippen LogP) is 5.09. The molecule has 0 aliphatic carbocycles. The van der Waals surface area contributed by atoms with Crippen molar-refractivity contribution in [1.29, 1.82) is 0 Å². The maximum absolute atomic E-state index is 12.9. The van der Waals surface area contributed by atoms with E-state index in [1.165, 1.54) is 0 Å². The molecule has 2 aromatic heterocycles. The fourth-order valence-electron chi connectivity index (χ4n) is 3.05. The number of rotatable bonds is 2. The summed E-state index contributed by atoms with van der Waals surface area (Å²) in [6, 6.07) is 10.8. The number of benzene rings is 2. The molecule has 27 heavy (non-hydrogen) atoms. The number of nitrogens with zero attached hydrogens (tertiary/aromatic N) is 1. The molecule has 0 bridgehead atoms. The summed E-state index contributed by atoms with van der Waals surface area (Å²) in [5.74, 6) is -0.315. The van der Waals surface area contributed by atoms with Crippen molar-refractivity contribution in [2.45, 2.75) is 13.8 Å². The molecular weight excluding hydrogens is 402 g/mol. The van der Waals surface area contributed by atoms with E-state index in [4.69, 9.17) is 23.8 Å². The number of aromatic amines is 1. The highest BCUT2D eigenvalue weighted by atomic mass is 35.5. The van der Waals surface area contributed by atoms with Gasteiger partial charge in [0.2, 0.25) is 0 Å². The molecule has 0 saturated heterocycles. The van der Waals surface area contributed by atoms with E-state index in [1.54, 1.807) is 22.6 Å². The summed E-state index contributed by atoms with van der Waals surface area (Å²) < 4.78 is 2.17. The molecule has 2 heterocycles. The number of carbonyl (C=O) groups excluding carboxylic acids is 1. The first-order valence-electron chi connectivity index (χ1n) is 8.11. The molecule has 0 aliphatic rings. The molecule has 4 rings (SSSR count). The number of aryl methyl sites for hydroxylation is 2. The van der Waals surface area contributed by atoms with Gasteiger partial charge in [-0.25, -0.2) is 0 Å². The number of halogens is 1. The summed E-state index contributed by atoms with van der Waals surface area (Å²) >= 11 is 12.6. The van der Waals surface area contributed by atoms with Crippen LogP contribution in [0.25, 0.3) is 16.6 Å². The molecule has 136 valence electrons. The second kappa shape index (κ2) is 6.60. The summed E-state index contributed by atoms with van der Waals surface area (Å²) in [5.41, 5.74) is 3.48. The Hall–Kier alpha value is -2.48. The second-order valence-corrected chi connectivity index (χ2v) is 8.35. The van der Waals surface area contributed by atoms with E-state index in [1.807, 2.05) is 32.0 Å². The first kappa shape index (κ1) is 17.9. The third-order valence-electron chi connectivity index (χ3n) is 4.32. The van der Waals surface area contributed by atoms with E-state index in [0.29, 0.717) is 30.4 Å². The number of anilines is 1. The lowest BCUT2D eigenvalue weighted by atomic mass is 10.1. The molecule has 0 atom stereocenters. The maximum atomic E-state index is 12.9. The lowest BCUT2D eigenvalue weighted by molar-refractivity contribution is 0.103. The van der Waals surface area contributed by atoms with Crippen LogP contribution in [-0.2, 0) is 0 Å². The zero-order valence-electron chi connectivity index (χ0n) is 14.4. The number of H-pyrrole nitrogens is 1. The number of carbonyl (C=O) groups is 1. The van der Waals surface area contributed by atoms with Crippen LogP contribution in [0.4, 0.5) is 5.69 Å². The summed E-state index contributed by atoms with van der Waals surface area (Å²) in [6.07, 6.45) is 0. The lowest BCUT2D eigenvalue weighted by Crippen LogP contribution is -2.15. The zero-order chi connectivity index (χ0) is 19.3. The van der Waals surface area contributed by atoms with Crippen molar-refractivity contribution >= 4 is 63.3 Å². The normalized spacial score (nSPS) is 11.2. The number of hydrogen-bond acceptors (Lipinski definition) is 4. The average Bonchev–Trinajstić information content (AvgIpc) is 2.94. The van der Waals surface area contributed by atoms with Crippen molar-refractivity contribution < 1.29 is 4.79 Å². The molecular formula is C19H14ClN3O2S2. The minimum atomic E-state index is -0.319. The van der Waals surface area contributed by atoms with E-state index >= 15 is 0 Å². The molecule has 2 N–H and O–H groups in total. The number of nitrogens with one attached hydrogen (secondary N) is 2. The summed E-state index contributed by atoms with van der Waals surface area (Å²) in [4.78, 5) is 28.5. The van der Waals surface area contributed by atoms with Gasteiger partial charge >= 0.3 is 0 Å². The molecule has 5 nitrogen and oxygen atoms in total. The summed E-state index contributed by atoms with van der Waals surface area (Å²) in [5, 5.41) is 3.79. The van der Waals surface area contributed by atoms with Crippen LogP contribution in [0.15, 0.2) is 41.2 Å². The first-order valence-corrected chi connectivity index (χ1v) is 9.71. The minimum absolute atomic E-state index is 0.315. The monoisotopic (exact) mass is 415 g/mol. The van der Waals surface area contributed by atoms with Gasteiger partial charge in [0, 0.05) is 10.7 Å². The van der Waals surface area contributed by atoms with Gasteiger partial charge in [-0.05, 0) is 55.9 Å². The van der Waals surface area contributed by atoms with Crippen molar-refractivity contribution in [2.75, 3.05) is 5.32 Å². The maximum Gasteiger partial charge on any atom is 0.269 e. The molecule has 0 aliphatic heterocycles. The molecule has 0 spiro atoms. The molecule has 4 aromatic rings. The van der Waals surface area contributed by atoms with Crippen LogP contribution >= 0.6 is 35.2 Å². The van der Waals surface area contributed by atoms with Crippen molar-refractivity contribution in [2.24, 2.45) is 0 Å². The Labute approximate surface area is 168 Å². The van der Waals surface area contributed by atoms with Crippen LogP contribution < -0.4 is 10.9 Å². The molecule has 0 fully saturated rings. The highest BCUT2D eigenvalue weighted by molar-refractivity contribution is 7.73. The third kappa shape index (κ3) is 3.07. The summed E-state index contributed by atoms with van der Waals surface area (Å²) in [6.45, 7) is 3.93. The first-order chi connectivity index (χ1) is 12.8. The van der Waals surface area contributed by atoms with E-state index in [0.717, 1.165) is 28.2 Å². The smallest absolute Gasteiger partial charge is 0.269 e. The molecule has 1 amide bonds. The Morgan fingerprint density at radius 1 is 1.22 bits per heavy atom. The number of aromatic nitrogens is 2. The number of fused-ring (bicyclic) bond motifs is 3. The minimum Gasteiger partial charge on any atom is -0.321 e. The van der Waals surface area contributed by atoms with E-state index in [-0.39, 0.29) is 11.5 Å². The topological polar surface area (TPSA) is 66.4 Å². The molecule has 0 radical (unpaired) electrons. The van der Waals surface area contributed by atoms with Gasteiger partial charge in [-0.2, -0.15) is 0 Å². The number of amides is 1. The number of hydrogen-bond donors (Lipinski definition) is 2. The van der Waals surface area contributed by atoms with Gasteiger partial charge in [-0.15, -0.1) is 0 Å². The molecule has 0 unspecified atom stereocenters. The van der Waals surface area contributed by atoms with Gasteiger partial charge in [0.15, 0.2) is 3.95 Å². The van der Waals surface area contributed by atoms with E-state index < -0.39 is 0 Å². The van der Waals surface area contributed by atoms with Crippen molar-refractivity contribution in [3.63, 3.8) is 0 Å². The lowest BCUT2D eigenvalue weighted by Gasteiger charge is -2.08. The Bertz CT molecular complexity index is 1350. The highest BCUT2D eigenvalue weighted by Crippen LogP contribution is 2.25. The fourth-order valence-corrected chi connectivity index (χ4v) is 4.50. The van der Waals surface area contributed by atoms with Gasteiger partial charge in [0.05, 0.1) is 10.9 Å². The number of thiazole rings is 1. The third-order valence-corrected chi connectivity index (χ3v) is 5.93. The second-order valence-electron chi connectivity index (χ2n) is 6.27. The van der Waals surface area contributed by atoms with E-state index in [9.17, 15) is 9.59 Å². The molecule has 0 saturated carbocycles. The van der Waals surface area contributed by atoms with Crippen molar-refractivity contribution in [1.82, 2.24) is 9.38 Å². The Morgan fingerprint density at radius 3 is 2.74 bits per heavy atom. The summed E-state index contributed by atoms with van der Waals surface area (Å²) in [7, 11) is 0. The van der Waals surface area contributed by atoms with Gasteiger partial charge in [-0.3, -0.25) is 14.0 Å². The average molecular weight is 416 g/mol. The Kier molecular flexibility index (Phi) is 4.38. The van der Waals surface area contributed by atoms with Gasteiger partial charge < -0.3 is 10.3 Å². The van der Waals surface area contributed by atoms with Crippen LogP contribution in [-0.4, -0.2) is 15.3 Å². The fraction of sp³-hybridized carbons (Fsp3) is 0.105. The van der Waals surface area contributed by atoms with Crippen LogP contribution in [0.1, 0.15) is 20.8 Å². The largest absolute Gasteiger partial charge is 0.321 e. The Balaban J connectivity index is 1.89.